The van der Waals surface area contributed by atoms with E-state index in [1.807, 2.05) is 18.2 Å². The van der Waals surface area contributed by atoms with Crippen LogP contribution in [0.1, 0.15) is 42.1 Å². The van der Waals surface area contributed by atoms with Gasteiger partial charge >= 0.3 is 6.18 Å². The zero-order valence-corrected chi connectivity index (χ0v) is 18.7. The van der Waals surface area contributed by atoms with E-state index in [1.54, 1.807) is 12.3 Å². The summed E-state index contributed by atoms with van der Waals surface area (Å²) >= 11 is 18.3. The van der Waals surface area contributed by atoms with Gasteiger partial charge in [-0.1, -0.05) is 53.0 Å². The van der Waals surface area contributed by atoms with Crippen LogP contribution < -0.4 is 5.32 Å². The van der Waals surface area contributed by atoms with Crippen LogP contribution in [0.2, 0.25) is 15.1 Å². The third-order valence-corrected chi connectivity index (χ3v) is 6.00. The van der Waals surface area contributed by atoms with Crippen molar-refractivity contribution in [1.29, 1.82) is 0 Å². The van der Waals surface area contributed by atoms with Gasteiger partial charge in [-0.25, -0.2) is 0 Å². The number of alkyl halides is 3. The zero-order chi connectivity index (χ0) is 23.0. The molecule has 0 saturated heterocycles. The van der Waals surface area contributed by atoms with Crippen molar-refractivity contribution in [3.05, 3.63) is 62.5 Å². The number of benzene rings is 1. The standard InChI is InChI=1S/C20H17Cl3F3N5O/c21-13-4-2-1-3-12(13)9-30-10-14(22)19(29-30)27-15(32)7-8-31-17(11-5-6-11)16(23)18(28-31)20(24,25)26/h1-4,10-11H,5-9H2,(H,27,29,32). The molecule has 1 aliphatic rings. The molecular weight excluding hydrogens is 490 g/mol. The first kappa shape index (κ1) is 22.9. The van der Waals surface area contributed by atoms with Crippen molar-refractivity contribution in [2.45, 2.75) is 44.4 Å². The lowest BCUT2D eigenvalue weighted by Gasteiger charge is -2.07. The monoisotopic (exact) mass is 505 g/mol. The Hall–Kier alpha value is -2.23. The largest absolute Gasteiger partial charge is 0.436 e. The summed E-state index contributed by atoms with van der Waals surface area (Å²) in [6.07, 6.45) is -1.74. The average Bonchev–Trinajstić information content (AvgIpc) is 3.40. The molecule has 6 nitrogen and oxygen atoms in total. The normalized spacial score (nSPS) is 14.1. The molecule has 0 unspecified atom stereocenters. The van der Waals surface area contributed by atoms with Crippen LogP contribution in [0.25, 0.3) is 0 Å². The van der Waals surface area contributed by atoms with E-state index in [-0.39, 0.29) is 34.7 Å². The lowest BCUT2D eigenvalue weighted by Crippen LogP contribution is -2.17. The van der Waals surface area contributed by atoms with Gasteiger partial charge in [0.25, 0.3) is 0 Å². The average molecular weight is 507 g/mol. The molecule has 1 saturated carbocycles. The third-order valence-electron chi connectivity index (χ3n) is 4.98. The highest BCUT2D eigenvalue weighted by Gasteiger charge is 2.42. The third kappa shape index (κ3) is 5.05. The summed E-state index contributed by atoms with van der Waals surface area (Å²) in [7, 11) is 0. The number of aryl methyl sites for hydroxylation is 1. The van der Waals surface area contributed by atoms with Gasteiger partial charge in [0.05, 0.1) is 23.8 Å². The van der Waals surface area contributed by atoms with Crippen molar-refractivity contribution in [2.75, 3.05) is 5.32 Å². The van der Waals surface area contributed by atoms with Crippen LogP contribution in [0.3, 0.4) is 0 Å². The lowest BCUT2D eigenvalue weighted by molar-refractivity contribution is -0.141. The summed E-state index contributed by atoms with van der Waals surface area (Å²) in [5.74, 6) is -0.374. The van der Waals surface area contributed by atoms with Crippen molar-refractivity contribution in [1.82, 2.24) is 19.6 Å². The van der Waals surface area contributed by atoms with E-state index in [0.717, 1.165) is 18.4 Å². The quantitative estimate of drug-likeness (QED) is 0.427. The number of amides is 1. The smallest absolute Gasteiger partial charge is 0.308 e. The van der Waals surface area contributed by atoms with Gasteiger partial charge in [0.1, 0.15) is 5.02 Å². The van der Waals surface area contributed by atoms with Gasteiger partial charge < -0.3 is 5.32 Å². The number of aromatic nitrogens is 4. The topological polar surface area (TPSA) is 64.7 Å². The Kier molecular flexibility index (Phi) is 6.42. The van der Waals surface area contributed by atoms with Gasteiger partial charge in [0.2, 0.25) is 5.91 Å². The molecule has 0 radical (unpaired) electrons. The van der Waals surface area contributed by atoms with E-state index in [1.165, 1.54) is 9.36 Å². The second kappa shape index (κ2) is 8.96. The van der Waals surface area contributed by atoms with Crippen LogP contribution in [0, 0.1) is 0 Å². The molecule has 0 aliphatic heterocycles. The highest BCUT2D eigenvalue weighted by atomic mass is 35.5. The molecule has 1 aromatic carbocycles. The van der Waals surface area contributed by atoms with Crippen LogP contribution in [-0.2, 0) is 24.1 Å². The molecule has 0 spiro atoms. The number of hydrogen-bond donors (Lipinski definition) is 1. The molecular formula is C20H17Cl3F3N5O. The van der Waals surface area contributed by atoms with Crippen molar-refractivity contribution in [2.24, 2.45) is 0 Å². The highest BCUT2D eigenvalue weighted by molar-refractivity contribution is 6.33. The number of carbonyl (C=O) groups excluding carboxylic acids is 1. The maximum absolute atomic E-state index is 13.2. The Balaban J connectivity index is 1.42. The van der Waals surface area contributed by atoms with Crippen molar-refractivity contribution < 1.29 is 18.0 Å². The van der Waals surface area contributed by atoms with Crippen molar-refractivity contribution >= 4 is 46.5 Å². The first-order valence-corrected chi connectivity index (χ1v) is 10.9. The van der Waals surface area contributed by atoms with E-state index in [4.69, 9.17) is 34.8 Å². The minimum absolute atomic E-state index is 0.0502. The minimum Gasteiger partial charge on any atom is -0.308 e. The number of rotatable bonds is 7. The predicted molar refractivity (Wildman–Crippen MR) is 115 cm³/mol. The Labute approximate surface area is 196 Å². The molecule has 12 heteroatoms. The first-order chi connectivity index (χ1) is 15.1. The second-order valence-corrected chi connectivity index (χ2v) is 8.65. The summed E-state index contributed by atoms with van der Waals surface area (Å²) < 4.78 is 42.2. The number of nitrogens with one attached hydrogen (secondary N) is 1. The van der Waals surface area contributed by atoms with E-state index >= 15 is 0 Å². The maximum Gasteiger partial charge on any atom is 0.436 e. The predicted octanol–water partition coefficient (Wildman–Crippen LogP) is 6.01. The number of anilines is 1. The van der Waals surface area contributed by atoms with Crippen LogP contribution in [0.15, 0.2) is 30.5 Å². The molecule has 1 N–H and O–H groups in total. The van der Waals surface area contributed by atoms with E-state index < -0.39 is 17.8 Å². The van der Waals surface area contributed by atoms with Crippen molar-refractivity contribution in [3.63, 3.8) is 0 Å². The molecule has 4 rings (SSSR count). The zero-order valence-electron chi connectivity index (χ0n) is 16.5. The molecule has 1 fully saturated rings. The van der Waals surface area contributed by atoms with Crippen LogP contribution in [-0.4, -0.2) is 25.5 Å². The van der Waals surface area contributed by atoms with Gasteiger partial charge in [0.15, 0.2) is 11.5 Å². The number of halogens is 6. The lowest BCUT2D eigenvalue weighted by atomic mass is 10.2. The van der Waals surface area contributed by atoms with Gasteiger partial charge in [-0.05, 0) is 24.5 Å². The van der Waals surface area contributed by atoms with Crippen LogP contribution >= 0.6 is 34.8 Å². The number of carbonyl (C=O) groups is 1. The van der Waals surface area contributed by atoms with Crippen LogP contribution in [0.4, 0.5) is 19.0 Å². The van der Waals surface area contributed by atoms with Crippen molar-refractivity contribution in [3.8, 4) is 0 Å². The Morgan fingerprint density at radius 3 is 2.50 bits per heavy atom. The summed E-state index contributed by atoms with van der Waals surface area (Å²) in [6.45, 7) is 0.303. The molecule has 0 bridgehead atoms. The molecule has 32 heavy (non-hydrogen) atoms. The Bertz CT molecular complexity index is 1150. The molecule has 170 valence electrons. The summed E-state index contributed by atoms with van der Waals surface area (Å²) in [5.41, 5.74) is 0.0338. The highest BCUT2D eigenvalue weighted by Crippen LogP contribution is 2.46. The second-order valence-electron chi connectivity index (χ2n) is 7.46. The van der Waals surface area contributed by atoms with Gasteiger partial charge in [-0.15, -0.1) is 0 Å². The molecule has 3 aromatic rings. The van der Waals surface area contributed by atoms with Gasteiger partial charge in [-0.3, -0.25) is 14.2 Å². The molecule has 0 atom stereocenters. The fraction of sp³-hybridized carbons (Fsp3) is 0.350. The Morgan fingerprint density at radius 1 is 1.12 bits per heavy atom. The Morgan fingerprint density at radius 2 is 1.84 bits per heavy atom. The van der Waals surface area contributed by atoms with E-state index in [9.17, 15) is 18.0 Å². The SMILES string of the molecule is O=C(CCn1nc(C(F)(F)F)c(Cl)c1C1CC1)Nc1nn(Cc2ccccc2Cl)cc1Cl. The molecule has 1 aliphatic carbocycles. The van der Waals surface area contributed by atoms with Crippen LogP contribution in [0.5, 0.6) is 0 Å². The number of nitrogens with zero attached hydrogens (tertiary/aromatic N) is 4. The molecule has 1 amide bonds. The maximum atomic E-state index is 13.2. The molecule has 2 aromatic heterocycles. The van der Waals surface area contributed by atoms with Gasteiger partial charge in [-0.2, -0.15) is 23.4 Å². The summed E-state index contributed by atoms with van der Waals surface area (Å²) in [4.78, 5) is 12.4. The van der Waals surface area contributed by atoms with Gasteiger partial charge in [0, 0.05) is 23.6 Å². The fourth-order valence-corrected chi connectivity index (χ4v) is 4.11. The minimum atomic E-state index is -4.66. The van der Waals surface area contributed by atoms with E-state index in [0.29, 0.717) is 17.3 Å². The first-order valence-electron chi connectivity index (χ1n) is 9.73. The number of hydrogen-bond acceptors (Lipinski definition) is 3. The summed E-state index contributed by atoms with van der Waals surface area (Å²) in [5, 5.41) is 10.9. The van der Waals surface area contributed by atoms with E-state index in [2.05, 4.69) is 15.5 Å². The fourth-order valence-electron chi connectivity index (χ4n) is 3.32. The summed E-state index contributed by atoms with van der Waals surface area (Å²) in [6, 6.07) is 7.26. The molecule has 2 heterocycles.